The first-order valence-corrected chi connectivity index (χ1v) is 0.512. The average molecular weight is 101 g/mol. The molecule has 0 aromatic heterocycles. The summed E-state index contributed by atoms with van der Waals surface area (Å²) in [4.78, 5) is 0. The van der Waals surface area contributed by atoms with Crippen LogP contribution in [0.3, 0.4) is 0 Å². The molecular formula is CH2N2Ni+2. The van der Waals surface area contributed by atoms with Gasteiger partial charge in [0.1, 0.15) is 0 Å². The van der Waals surface area contributed by atoms with Gasteiger partial charge < -0.3 is 5.73 Å². The van der Waals surface area contributed by atoms with Gasteiger partial charge in [-0.2, -0.15) is 5.26 Å². The minimum Gasteiger partial charge on any atom is -0.337 e. The maximum absolute atomic E-state index is 7.10. The molecule has 0 heterocycles. The van der Waals surface area contributed by atoms with Crippen LogP contribution in [0.15, 0.2) is 0 Å². The molecule has 0 aromatic rings. The van der Waals surface area contributed by atoms with E-state index in [-0.39, 0.29) is 16.5 Å². The van der Waals surface area contributed by atoms with Gasteiger partial charge in [0.05, 0.1) is 0 Å². The Bertz CT molecular complexity index is 27.5. The molecule has 0 saturated carbocycles. The second-order valence-electron chi connectivity index (χ2n) is 0.129. The van der Waals surface area contributed by atoms with E-state index in [4.69, 9.17) is 5.26 Å². The first kappa shape index (κ1) is 9.22. The van der Waals surface area contributed by atoms with E-state index >= 15 is 0 Å². The fourth-order valence-electron chi connectivity index (χ4n) is 0. The number of nitrogens with zero attached hydrogens (tertiary/aromatic N) is 1. The van der Waals surface area contributed by atoms with Gasteiger partial charge in [0.2, 0.25) is 0 Å². The van der Waals surface area contributed by atoms with Gasteiger partial charge >= 0.3 is 16.5 Å². The van der Waals surface area contributed by atoms with Gasteiger partial charge in [-0.15, -0.1) is 0 Å². The van der Waals surface area contributed by atoms with Gasteiger partial charge in [0.25, 0.3) is 0 Å². The van der Waals surface area contributed by atoms with E-state index in [2.05, 4.69) is 5.73 Å². The van der Waals surface area contributed by atoms with Crippen LogP contribution < -0.4 is 5.73 Å². The van der Waals surface area contributed by atoms with Gasteiger partial charge in [-0.3, -0.25) is 0 Å². The zero-order chi connectivity index (χ0) is 2.71. The summed E-state index contributed by atoms with van der Waals surface area (Å²) < 4.78 is 0. The SMILES string of the molecule is N#CN.[Ni+2]. The monoisotopic (exact) mass is 100.0 g/mol. The molecule has 0 aromatic carbocycles. The molecule has 0 spiro atoms. The number of hydrogen-bond donors (Lipinski definition) is 1. The van der Waals surface area contributed by atoms with Crippen molar-refractivity contribution in [3.8, 4) is 6.19 Å². The van der Waals surface area contributed by atoms with Crippen LogP contribution in [0.25, 0.3) is 0 Å². The quantitative estimate of drug-likeness (QED) is 0.252. The molecular weight excluding hydrogens is 98.7 g/mol. The summed E-state index contributed by atoms with van der Waals surface area (Å²) in [6, 6.07) is 0. The Hall–Kier alpha value is -0.216. The summed E-state index contributed by atoms with van der Waals surface area (Å²) in [5.74, 6) is 0. The molecule has 0 aliphatic carbocycles. The predicted molar refractivity (Wildman–Crippen MR) is 9.80 cm³/mol. The van der Waals surface area contributed by atoms with Gasteiger partial charge in [-0.1, -0.05) is 0 Å². The van der Waals surface area contributed by atoms with Crippen LogP contribution in [0.5, 0.6) is 0 Å². The second-order valence-corrected chi connectivity index (χ2v) is 0.129. The Morgan fingerprint density at radius 3 is 1.75 bits per heavy atom. The first-order chi connectivity index (χ1) is 1.41. The second kappa shape index (κ2) is 14.4. The molecule has 0 fully saturated rings. The van der Waals surface area contributed by atoms with Crippen molar-refractivity contribution in [2.24, 2.45) is 5.73 Å². The Kier molecular flexibility index (Phi) is 33.2. The molecule has 0 rings (SSSR count). The largest absolute Gasteiger partial charge is 2.00 e. The van der Waals surface area contributed by atoms with Crippen LogP contribution in [0.2, 0.25) is 0 Å². The summed E-state index contributed by atoms with van der Waals surface area (Å²) in [6.07, 6.45) is 1.25. The summed E-state index contributed by atoms with van der Waals surface area (Å²) in [5.41, 5.74) is 4.15. The van der Waals surface area contributed by atoms with Crippen molar-refractivity contribution in [1.82, 2.24) is 0 Å². The van der Waals surface area contributed by atoms with E-state index in [1.165, 1.54) is 6.19 Å². The van der Waals surface area contributed by atoms with Crippen molar-refractivity contribution in [3.63, 3.8) is 0 Å². The van der Waals surface area contributed by atoms with Gasteiger partial charge in [0.15, 0.2) is 6.19 Å². The van der Waals surface area contributed by atoms with E-state index in [0.717, 1.165) is 0 Å². The van der Waals surface area contributed by atoms with Crippen molar-refractivity contribution >= 4 is 0 Å². The molecule has 0 unspecified atom stereocenters. The normalized spacial score (nSPS) is 1.75. The fraction of sp³-hybridized carbons (Fsp3) is 0. The number of hydrogen-bond acceptors (Lipinski definition) is 2. The molecule has 3 heteroatoms. The van der Waals surface area contributed by atoms with Crippen LogP contribution in [-0.4, -0.2) is 0 Å². The minimum absolute atomic E-state index is 0. The van der Waals surface area contributed by atoms with Crippen LogP contribution >= 0.6 is 0 Å². The van der Waals surface area contributed by atoms with Crippen molar-refractivity contribution in [2.75, 3.05) is 0 Å². The zero-order valence-electron chi connectivity index (χ0n) is 1.84. The smallest absolute Gasteiger partial charge is 0.337 e. The Morgan fingerprint density at radius 1 is 1.75 bits per heavy atom. The Labute approximate surface area is 34.5 Å². The third-order valence-electron chi connectivity index (χ3n) is 0. The van der Waals surface area contributed by atoms with E-state index < -0.39 is 0 Å². The maximum atomic E-state index is 7.10. The van der Waals surface area contributed by atoms with Crippen LogP contribution in [-0.2, 0) is 16.5 Å². The Balaban J connectivity index is 0. The van der Waals surface area contributed by atoms with Crippen LogP contribution in [0.1, 0.15) is 0 Å². The minimum atomic E-state index is 0. The Morgan fingerprint density at radius 2 is 1.75 bits per heavy atom. The number of nitrogens with two attached hydrogens (primary N) is 1. The summed E-state index contributed by atoms with van der Waals surface area (Å²) in [6.45, 7) is 0. The van der Waals surface area contributed by atoms with Gasteiger partial charge in [-0.25, -0.2) is 0 Å². The average Bonchev–Trinajstić information content (AvgIpc) is 0.918. The first-order valence-electron chi connectivity index (χ1n) is 0.512. The molecule has 0 atom stereocenters. The van der Waals surface area contributed by atoms with Crippen molar-refractivity contribution < 1.29 is 16.5 Å². The van der Waals surface area contributed by atoms with Crippen molar-refractivity contribution in [2.45, 2.75) is 0 Å². The van der Waals surface area contributed by atoms with Crippen LogP contribution in [0.4, 0.5) is 0 Å². The molecule has 0 bridgehead atoms. The molecule has 0 saturated heterocycles. The summed E-state index contributed by atoms with van der Waals surface area (Å²) in [7, 11) is 0. The summed E-state index contributed by atoms with van der Waals surface area (Å²) >= 11 is 0. The predicted octanol–water partition coefficient (Wildman–Crippen LogP) is -0.576. The topological polar surface area (TPSA) is 49.8 Å². The molecule has 24 valence electrons. The molecule has 2 nitrogen and oxygen atoms in total. The third-order valence-corrected chi connectivity index (χ3v) is 0. The van der Waals surface area contributed by atoms with E-state index in [1.807, 2.05) is 0 Å². The van der Waals surface area contributed by atoms with Crippen LogP contribution in [0, 0.1) is 11.5 Å². The van der Waals surface area contributed by atoms with Crippen molar-refractivity contribution in [1.29, 1.82) is 5.26 Å². The molecule has 0 aliphatic rings. The molecule has 0 radical (unpaired) electrons. The van der Waals surface area contributed by atoms with E-state index in [9.17, 15) is 0 Å². The zero-order valence-corrected chi connectivity index (χ0v) is 2.83. The standard InChI is InChI=1S/CH2N2.Ni/c2-1-3;/h2H2;/q;+2. The molecule has 0 aliphatic heterocycles. The molecule has 0 amide bonds. The number of nitriles is 1. The fourth-order valence-corrected chi connectivity index (χ4v) is 0. The molecule has 4 heavy (non-hydrogen) atoms. The van der Waals surface area contributed by atoms with E-state index in [0.29, 0.717) is 0 Å². The maximum Gasteiger partial charge on any atom is 2.00 e. The van der Waals surface area contributed by atoms with Crippen molar-refractivity contribution in [3.05, 3.63) is 0 Å². The number of rotatable bonds is 0. The third kappa shape index (κ3) is 23.4. The van der Waals surface area contributed by atoms with Gasteiger partial charge in [-0.05, 0) is 0 Å². The van der Waals surface area contributed by atoms with Gasteiger partial charge in [0, 0.05) is 0 Å². The summed E-state index contributed by atoms with van der Waals surface area (Å²) in [5, 5.41) is 7.10. The molecule has 2 N–H and O–H groups in total. The van der Waals surface area contributed by atoms with E-state index in [1.54, 1.807) is 0 Å².